The Morgan fingerprint density at radius 3 is 2.67 bits per heavy atom. The predicted molar refractivity (Wildman–Crippen MR) is 81.1 cm³/mol. The fourth-order valence-electron chi connectivity index (χ4n) is 2.79. The second-order valence-corrected chi connectivity index (χ2v) is 6.34. The van der Waals surface area contributed by atoms with Crippen LogP contribution in [0, 0.1) is 5.92 Å². The van der Waals surface area contributed by atoms with E-state index in [1.54, 1.807) is 0 Å². The highest BCUT2D eigenvalue weighted by atomic mass is 15.2. The minimum absolute atomic E-state index is 0.769. The summed E-state index contributed by atoms with van der Waals surface area (Å²) in [6.07, 6.45) is 9.71. The molecule has 1 fully saturated rings. The molecule has 0 amide bonds. The number of nitrogens with zero attached hydrogens (tertiary/aromatic N) is 1. The molecule has 1 aliphatic rings. The Kier molecular flexibility index (Phi) is 8.70. The van der Waals surface area contributed by atoms with E-state index in [0.29, 0.717) is 0 Å². The second kappa shape index (κ2) is 9.80. The summed E-state index contributed by atoms with van der Waals surface area (Å²) in [4.78, 5) is 2.65. The Morgan fingerprint density at radius 1 is 1.17 bits per heavy atom. The molecule has 0 aromatic rings. The van der Waals surface area contributed by atoms with Crippen LogP contribution < -0.4 is 5.32 Å². The largest absolute Gasteiger partial charge is 0.313 e. The molecule has 108 valence electrons. The van der Waals surface area contributed by atoms with E-state index in [2.05, 4.69) is 31.0 Å². The molecule has 2 nitrogen and oxygen atoms in total. The first kappa shape index (κ1) is 16.0. The van der Waals surface area contributed by atoms with E-state index in [1.165, 1.54) is 71.1 Å². The van der Waals surface area contributed by atoms with Crippen molar-refractivity contribution in [3.05, 3.63) is 0 Å². The van der Waals surface area contributed by atoms with Crippen molar-refractivity contribution in [2.45, 2.75) is 71.8 Å². The SMILES string of the molecule is CCCNC1CCN(CCCCCCC(C)C)C1. The van der Waals surface area contributed by atoms with Crippen LogP contribution in [0.25, 0.3) is 0 Å². The molecule has 1 atom stereocenters. The van der Waals surface area contributed by atoms with Gasteiger partial charge < -0.3 is 10.2 Å². The van der Waals surface area contributed by atoms with Gasteiger partial charge in [0.2, 0.25) is 0 Å². The zero-order valence-corrected chi connectivity index (χ0v) is 12.9. The molecule has 18 heavy (non-hydrogen) atoms. The average Bonchev–Trinajstić information content (AvgIpc) is 2.78. The van der Waals surface area contributed by atoms with E-state index in [0.717, 1.165) is 12.0 Å². The molecule has 0 bridgehead atoms. The van der Waals surface area contributed by atoms with Gasteiger partial charge in [-0.3, -0.25) is 0 Å². The first-order valence-electron chi connectivity index (χ1n) is 8.18. The monoisotopic (exact) mass is 254 g/mol. The summed E-state index contributed by atoms with van der Waals surface area (Å²) in [6, 6.07) is 0.769. The highest BCUT2D eigenvalue weighted by Crippen LogP contribution is 2.13. The highest BCUT2D eigenvalue weighted by Gasteiger charge is 2.20. The summed E-state index contributed by atoms with van der Waals surface area (Å²) in [5, 5.41) is 3.64. The van der Waals surface area contributed by atoms with Gasteiger partial charge in [-0.15, -0.1) is 0 Å². The fraction of sp³-hybridized carbons (Fsp3) is 1.00. The Hall–Kier alpha value is -0.0800. The van der Waals surface area contributed by atoms with Gasteiger partial charge in [0, 0.05) is 12.6 Å². The first-order chi connectivity index (χ1) is 8.72. The van der Waals surface area contributed by atoms with Crippen LogP contribution in [0.3, 0.4) is 0 Å². The molecule has 1 rings (SSSR count). The number of likely N-dealkylation sites (tertiary alicyclic amines) is 1. The normalized spacial score (nSPS) is 21.0. The molecule has 0 aliphatic carbocycles. The van der Waals surface area contributed by atoms with E-state index < -0.39 is 0 Å². The van der Waals surface area contributed by atoms with Crippen molar-refractivity contribution < 1.29 is 0 Å². The standard InChI is InChI=1S/C16H34N2/c1-4-11-17-16-10-13-18(14-16)12-8-6-5-7-9-15(2)3/h15-17H,4-14H2,1-3H3. The molecule has 2 heteroatoms. The summed E-state index contributed by atoms with van der Waals surface area (Å²) in [5.74, 6) is 0.883. The Bertz CT molecular complexity index is 192. The Balaban J connectivity index is 1.91. The molecule has 1 unspecified atom stereocenters. The average molecular weight is 254 g/mol. The van der Waals surface area contributed by atoms with Gasteiger partial charge in [0.05, 0.1) is 0 Å². The van der Waals surface area contributed by atoms with Crippen molar-refractivity contribution in [1.29, 1.82) is 0 Å². The van der Waals surface area contributed by atoms with Crippen molar-refractivity contribution in [2.75, 3.05) is 26.2 Å². The third kappa shape index (κ3) is 7.38. The minimum atomic E-state index is 0.769. The zero-order chi connectivity index (χ0) is 13.2. The third-order valence-electron chi connectivity index (χ3n) is 3.96. The highest BCUT2D eigenvalue weighted by molar-refractivity contribution is 4.80. The molecular formula is C16H34N2. The van der Waals surface area contributed by atoms with Crippen molar-refractivity contribution in [3.63, 3.8) is 0 Å². The van der Waals surface area contributed by atoms with E-state index in [-0.39, 0.29) is 0 Å². The Morgan fingerprint density at radius 2 is 1.94 bits per heavy atom. The van der Waals surface area contributed by atoms with Crippen molar-refractivity contribution in [1.82, 2.24) is 10.2 Å². The third-order valence-corrected chi connectivity index (χ3v) is 3.96. The van der Waals surface area contributed by atoms with Crippen LogP contribution in [0.15, 0.2) is 0 Å². The van der Waals surface area contributed by atoms with Gasteiger partial charge in [-0.05, 0) is 44.8 Å². The van der Waals surface area contributed by atoms with E-state index in [1.807, 2.05) is 0 Å². The van der Waals surface area contributed by atoms with Crippen LogP contribution in [0.1, 0.15) is 65.7 Å². The molecule has 1 saturated heterocycles. The summed E-state index contributed by atoms with van der Waals surface area (Å²) >= 11 is 0. The molecule has 0 radical (unpaired) electrons. The lowest BCUT2D eigenvalue weighted by molar-refractivity contribution is 0.317. The number of nitrogens with one attached hydrogen (secondary N) is 1. The zero-order valence-electron chi connectivity index (χ0n) is 12.9. The molecule has 1 N–H and O–H groups in total. The van der Waals surface area contributed by atoms with Crippen molar-refractivity contribution >= 4 is 0 Å². The summed E-state index contributed by atoms with van der Waals surface area (Å²) < 4.78 is 0. The van der Waals surface area contributed by atoms with Gasteiger partial charge in [0.25, 0.3) is 0 Å². The quantitative estimate of drug-likeness (QED) is 0.598. The molecule has 0 saturated carbocycles. The maximum atomic E-state index is 3.64. The maximum Gasteiger partial charge on any atom is 0.0207 e. The molecule has 0 spiro atoms. The number of hydrogen-bond acceptors (Lipinski definition) is 2. The smallest absolute Gasteiger partial charge is 0.0207 e. The first-order valence-corrected chi connectivity index (χ1v) is 8.18. The van der Waals surface area contributed by atoms with Crippen LogP contribution in [0.4, 0.5) is 0 Å². The van der Waals surface area contributed by atoms with Crippen LogP contribution in [0.2, 0.25) is 0 Å². The number of unbranched alkanes of at least 4 members (excludes halogenated alkanes) is 3. The fourth-order valence-corrected chi connectivity index (χ4v) is 2.79. The van der Waals surface area contributed by atoms with Gasteiger partial charge in [-0.25, -0.2) is 0 Å². The van der Waals surface area contributed by atoms with E-state index >= 15 is 0 Å². The molecule has 0 aromatic carbocycles. The molecular weight excluding hydrogens is 220 g/mol. The lowest BCUT2D eigenvalue weighted by atomic mass is 10.0. The minimum Gasteiger partial charge on any atom is -0.313 e. The van der Waals surface area contributed by atoms with Crippen molar-refractivity contribution in [3.8, 4) is 0 Å². The predicted octanol–water partition coefficient (Wildman–Crippen LogP) is 3.67. The topological polar surface area (TPSA) is 15.3 Å². The van der Waals surface area contributed by atoms with Gasteiger partial charge in [-0.1, -0.05) is 46.5 Å². The summed E-state index contributed by atoms with van der Waals surface area (Å²) in [7, 11) is 0. The van der Waals surface area contributed by atoms with Crippen molar-refractivity contribution in [2.24, 2.45) is 5.92 Å². The number of hydrogen-bond donors (Lipinski definition) is 1. The van der Waals surface area contributed by atoms with Crippen LogP contribution in [0.5, 0.6) is 0 Å². The maximum absolute atomic E-state index is 3.64. The molecule has 1 aliphatic heterocycles. The molecule has 1 heterocycles. The van der Waals surface area contributed by atoms with Gasteiger partial charge in [0.15, 0.2) is 0 Å². The summed E-state index contributed by atoms with van der Waals surface area (Å²) in [6.45, 7) is 12.0. The second-order valence-electron chi connectivity index (χ2n) is 6.34. The van der Waals surface area contributed by atoms with Crippen LogP contribution >= 0.6 is 0 Å². The van der Waals surface area contributed by atoms with Gasteiger partial charge >= 0.3 is 0 Å². The van der Waals surface area contributed by atoms with Crippen LogP contribution in [-0.4, -0.2) is 37.1 Å². The number of rotatable bonds is 10. The Labute approximate surface area is 115 Å². The van der Waals surface area contributed by atoms with E-state index in [4.69, 9.17) is 0 Å². The molecule has 0 aromatic heterocycles. The van der Waals surface area contributed by atoms with Crippen LogP contribution in [-0.2, 0) is 0 Å². The summed E-state index contributed by atoms with van der Waals surface area (Å²) in [5.41, 5.74) is 0. The van der Waals surface area contributed by atoms with E-state index in [9.17, 15) is 0 Å². The lowest BCUT2D eigenvalue weighted by Crippen LogP contribution is -2.33. The van der Waals surface area contributed by atoms with Gasteiger partial charge in [0.1, 0.15) is 0 Å². The lowest BCUT2D eigenvalue weighted by Gasteiger charge is -2.16. The van der Waals surface area contributed by atoms with Gasteiger partial charge in [-0.2, -0.15) is 0 Å².